The molecule has 1 heterocycles. The monoisotopic (exact) mass is 535 g/mol. The Morgan fingerprint density at radius 3 is 2.67 bits per heavy atom. The minimum absolute atomic E-state index is 0. The average molecular weight is 535 g/mol. The number of aliphatic imine (C=N–C) groups is 1. The Bertz CT molecular complexity index is 593. The summed E-state index contributed by atoms with van der Waals surface area (Å²) in [6.45, 7) is 10.0. The summed E-state index contributed by atoms with van der Waals surface area (Å²) in [5, 5.41) is 16.9. The van der Waals surface area contributed by atoms with Gasteiger partial charge in [0.1, 0.15) is 5.75 Å². The van der Waals surface area contributed by atoms with Crippen LogP contribution >= 0.6 is 24.0 Å². The van der Waals surface area contributed by atoms with E-state index in [0.717, 1.165) is 50.3 Å². The molecule has 7 nitrogen and oxygen atoms in total. The summed E-state index contributed by atoms with van der Waals surface area (Å²) in [5.74, 6) is 1.50. The lowest BCUT2D eigenvalue weighted by molar-refractivity contribution is 0.0168. The second-order valence-corrected chi connectivity index (χ2v) is 7.46. The number of aliphatic hydroxyl groups excluding tert-OH is 1. The maximum Gasteiger partial charge on any atom is 0.191 e. The van der Waals surface area contributed by atoms with E-state index in [1.54, 1.807) is 0 Å². The molecule has 2 rings (SSSR count). The molecule has 1 aliphatic heterocycles. The number of nitrogens with zero attached hydrogens (tertiary/aromatic N) is 1. The quantitative estimate of drug-likeness (QED) is 0.165. The molecule has 2 atom stereocenters. The van der Waals surface area contributed by atoms with Crippen LogP contribution in [0, 0.1) is 0 Å². The van der Waals surface area contributed by atoms with Crippen LogP contribution in [0.1, 0.15) is 51.7 Å². The molecule has 0 bridgehead atoms. The number of rotatable bonds is 12. The highest BCUT2D eigenvalue weighted by Crippen LogP contribution is 2.19. The van der Waals surface area contributed by atoms with Gasteiger partial charge in [0.05, 0.1) is 31.5 Å². The van der Waals surface area contributed by atoms with Gasteiger partial charge in [-0.05, 0) is 57.7 Å². The SMILES string of the molecule is CCNC(=NCC(O)c1ccc(OC(C)C)cc1)NCCCOCC1CCCO1.I. The van der Waals surface area contributed by atoms with E-state index in [1.807, 2.05) is 45.0 Å². The van der Waals surface area contributed by atoms with Crippen molar-refractivity contribution in [2.24, 2.45) is 4.99 Å². The van der Waals surface area contributed by atoms with Crippen molar-refractivity contribution in [3.8, 4) is 5.75 Å². The van der Waals surface area contributed by atoms with Crippen LogP contribution in [0.25, 0.3) is 0 Å². The third kappa shape index (κ3) is 10.8. The summed E-state index contributed by atoms with van der Waals surface area (Å²) in [4.78, 5) is 4.49. The van der Waals surface area contributed by atoms with Gasteiger partial charge in [0.2, 0.25) is 0 Å². The fraction of sp³-hybridized carbons (Fsp3) is 0.682. The van der Waals surface area contributed by atoms with Crippen LogP contribution in [0.5, 0.6) is 5.75 Å². The van der Waals surface area contributed by atoms with Crippen molar-refractivity contribution in [1.29, 1.82) is 0 Å². The molecule has 1 aromatic rings. The maximum absolute atomic E-state index is 10.4. The summed E-state index contributed by atoms with van der Waals surface area (Å²) in [6, 6.07) is 7.51. The summed E-state index contributed by atoms with van der Waals surface area (Å²) >= 11 is 0. The van der Waals surface area contributed by atoms with Crippen LogP contribution in [0.2, 0.25) is 0 Å². The highest BCUT2D eigenvalue weighted by molar-refractivity contribution is 14.0. The van der Waals surface area contributed by atoms with Crippen LogP contribution in [-0.4, -0.2) is 62.7 Å². The predicted molar refractivity (Wildman–Crippen MR) is 131 cm³/mol. The Kier molecular flexibility index (Phi) is 14.1. The van der Waals surface area contributed by atoms with E-state index in [9.17, 15) is 5.11 Å². The van der Waals surface area contributed by atoms with Gasteiger partial charge in [0, 0.05) is 26.3 Å². The number of guanidine groups is 1. The van der Waals surface area contributed by atoms with Crippen molar-refractivity contribution in [3.63, 3.8) is 0 Å². The van der Waals surface area contributed by atoms with Crippen molar-refractivity contribution in [1.82, 2.24) is 10.6 Å². The molecule has 1 saturated heterocycles. The fourth-order valence-electron chi connectivity index (χ4n) is 3.04. The van der Waals surface area contributed by atoms with E-state index in [0.29, 0.717) is 19.2 Å². The molecule has 0 aliphatic carbocycles. The molecule has 1 fully saturated rings. The molecular weight excluding hydrogens is 497 g/mol. The summed E-state index contributed by atoms with van der Waals surface area (Å²) in [5.41, 5.74) is 0.822. The molecular formula is C22H38IN3O4. The number of aliphatic hydroxyl groups is 1. The number of nitrogens with one attached hydrogen (secondary N) is 2. The van der Waals surface area contributed by atoms with E-state index in [1.165, 1.54) is 0 Å². The molecule has 172 valence electrons. The first-order valence-electron chi connectivity index (χ1n) is 10.7. The van der Waals surface area contributed by atoms with Crippen LogP contribution in [0.3, 0.4) is 0 Å². The maximum atomic E-state index is 10.4. The van der Waals surface area contributed by atoms with Crippen molar-refractivity contribution < 1.29 is 19.3 Å². The molecule has 8 heteroatoms. The zero-order valence-electron chi connectivity index (χ0n) is 18.4. The van der Waals surface area contributed by atoms with Gasteiger partial charge >= 0.3 is 0 Å². The lowest BCUT2D eigenvalue weighted by Crippen LogP contribution is -2.38. The minimum atomic E-state index is -0.659. The summed E-state index contributed by atoms with van der Waals surface area (Å²) < 4.78 is 16.9. The summed E-state index contributed by atoms with van der Waals surface area (Å²) in [7, 11) is 0. The minimum Gasteiger partial charge on any atom is -0.491 e. The molecule has 2 unspecified atom stereocenters. The first kappa shape index (κ1) is 26.9. The van der Waals surface area contributed by atoms with Gasteiger partial charge < -0.3 is 30.0 Å². The molecule has 3 N–H and O–H groups in total. The molecule has 1 aromatic carbocycles. The molecule has 0 radical (unpaired) electrons. The highest BCUT2D eigenvalue weighted by Gasteiger charge is 2.15. The number of benzene rings is 1. The van der Waals surface area contributed by atoms with Crippen molar-refractivity contribution in [2.45, 2.75) is 58.3 Å². The van der Waals surface area contributed by atoms with Gasteiger partial charge in [-0.3, -0.25) is 4.99 Å². The standard InChI is InChI=1S/C22H37N3O4.HI/c1-4-23-22(24-12-6-13-27-16-20-7-5-14-28-20)25-15-21(26)18-8-10-19(11-9-18)29-17(2)3;/h8-11,17,20-21,26H,4-7,12-16H2,1-3H3,(H2,23,24,25);1H. The predicted octanol–water partition coefficient (Wildman–Crippen LogP) is 3.27. The molecule has 1 aliphatic rings. The van der Waals surface area contributed by atoms with Gasteiger partial charge in [0.25, 0.3) is 0 Å². The third-order valence-electron chi connectivity index (χ3n) is 4.49. The second-order valence-electron chi connectivity index (χ2n) is 7.46. The topological polar surface area (TPSA) is 84.3 Å². The Morgan fingerprint density at radius 1 is 1.27 bits per heavy atom. The Labute approximate surface area is 198 Å². The lowest BCUT2D eigenvalue weighted by atomic mass is 10.1. The molecule has 0 aromatic heterocycles. The number of ether oxygens (including phenoxy) is 3. The Morgan fingerprint density at radius 2 is 2.03 bits per heavy atom. The smallest absolute Gasteiger partial charge is 0.191 e. The summed E-state index contributed by atoms with van der Waals surface area (Å²) in [6.07, 6.45) is 2.87. The molecule has 0 spiro atoms. The highest BCUT2D eigenvalue weighted by atomic mass is 127. The van der Waals surface area contributed by atoms with E-state index in [-0.39, 0.29) is 42.7 Å². The van der Waals surface area contributed by atoms with E-state index < -0.39 is 6.10 Å². The number of halogens is 1. The van der Waals surface area contributed by atoms with Gasteiger partial charge in [-0.25, -0.2) is 0 Å². The first-order chi connectivity index (χ1) is 14.1. The van der Waals surface area contributed by atoms with Crippen molar-refractivity contribution in [2.75, 3.05) is 39.5 Å². The third-order valence-corrected chi connectivity index (χ3v) is 4.49. The van der Waals surface area contributed by atoms with Crippen LogP contribution in [-0.2, 0) is 9.47 Å². The normalized spacial score (nSPS) is 17.5. The Hall–Kier alpha value is -1.10. The first-order valence-corrected chi connectivity index (χ1v) is 10.7. The fourth-order valence-corrected chi connectivity index (χ4v) is 3.04. The Balaban J connectivity index is 0.00000450. The van der Waals surface area contributed by atoms with Gasteiger partial charge in [-0.1, -0.05) is 12.1 Å². The molecule has 30 heavy (non-hydrogen) atoms. The van der Waals surface area contributed by atoms with Gasteiger partial charge in [-0.15, -0.1) is 24.0 Å². The molecule has 0 amide bonds. The van der Waals surface area contributed by atoms with Gasteiger partial charge in [-0.2, -0.15) is 0 Å². The average Bonchev–Trinajstić information content (AvgIpc) is 3.22. The number of hydrogen-bond acceptors (Lipinski definition) is 5. The van der Waals surface area contributed by atoms with Crippen LogP contribution < -0.4 is 15.4 Å². The van der Waals surface area contributed by atoms with Crippen LogP contribution in [0.15, 0.2) is 29.3 Å². The van der Waals surface area contributed by atoms with Crippen molar-refractivity contribution in [3.05, 3.63) is 29.8 Å². The van der Waals surface area contributed by atoms with Crippen LogP contribution in [0.4, 0.5) is 0 Å². The lowest BCUT2D eigenvalue weighted by Gasteiger charge is -2.15. The van der Waals surface area contributed by atoms with E-state index >= 15 is 0 Å². The van der Waals surface area contributed by atoms with E-state index in [2.05, 4.69) is 15.6 Å². The largest absolute Gasteiger partial charge is 0.491 e. The number of hydrogen-bond donors (Lipinski definition) is 3. The zero-order valence-corrected chi connectivity index (χ0v) is 20.8. The van der Waals surface area contributed by atoms with E-state index in [4.69, 9.17) is 14.2 Å². The van der Waals surface area contributed by atoms with Gasteiger partial charge in [0.15, 0.2) is 5.96 Å². The van der Waals surface area contributed by atoms with Crippen molar-refractivity contribution >= 4 is 29.9 Å². The molecule has 0 saturated carbocycles. The second kappa shape index (κ2) is 15.7. The zero-order chi connectivity index (χ0) is 20.9.